The zero-order valence-electron chi connectivity index (χ0n) is 12.6. The molecule has 110 valence electrons. The lowest BCUT2D eigenvalue weighted by Crippen LogP contribution is -2.41. The van der Waals surface area contributed by atoms with E-state index in [1.54, 1.807) is 6.20 Å². The summed E-state index contributed by atoms with van der Waals surface area (Å²) in [7, 11) is -0.392. The zero-order valence-corrected chi connectivity index (χ0v) is 13.4. The second-order valence-corrected chi connectivity index (χ2v) is 7.03. The lowest BCUT2D eigenvalue weighted by atomic mass is 9.80. The number of pyridine rings is 1. The fraction of sp³-hybridized carbons (Fsp3) is 0.429. The fourth-order valence-electron chi connectivity index (χ4n) is 2.08. The Kier molecular flexibility index (Phi) is 3.31. The molecule has 7 heteroatoms. The average molecular weight is 303 g/mol. The Balaban J connectivity index is 1.83. The maximum atomic E-state index is 6.00. The number of hydrogen-bond acceptors (Lipinski definition) is 6. The van der Waals surface area contributed by atoms with Gasteiger partial charge in [-0.3, -0.25) is 4.98 Å². The normalized spacial score (nSPS) is 19.9. The molecular formula is C14H18BN3O2S. The Morgan fingerprint density at radius 2 is 1.76 bits per heavy atom. The summed E-state index contributed by atoms with van der Waals surface area (Å²) in [6.45, 7) is 8.14. The van der Waals surface area contributed by atoms with Gasteiger partial charge in [-0.25, -0.2) is 4.98 Å². The van der Waals surface area contributed by atoms with E-state index >= 15 is 0 Å². The maximum Gasteiger partial charge on any atom is 0.496 e. The van der Waals surface area contributed by atoms with Gasteiger partial charge >= 0.3 is 7.12 Å². The minimum absolute atomic E-state index is 0.348. The highest BCUT2D eigenvalue weighted by molar-refractivity contribution is 7.13. The van der Waals surface area contributed by atoms with Crippen molar-refractivity contribution in [2.45, 2.75) is 38.9 Å². The zero-order chi connectivity index (χ0) is 15.3. The molecule has 2 N–H and O–H groups in total. The molecule has 21 heavy (non-hydrogen) atoms. The van der Waals surface area contributed by atoms with Gasteiger partial charge in [-0.15, -0.1) is 11.3 Å². The number of aromatic nitrogens is 2. The summed E-state index contributed by atoms with van der Waals surface area (Å²) in [5, 5.41) is 2.44. The van der Waals surface area contributed by atoms with Crippen molar-refractivity contribution in [2.75, 3.05) is 5.73 Å². The number of anilines is 1. The van der Waals surface area contributed by atoms with Crippen LogP contribution in [0.4, 0.5) is 5.13 Å². The standard InChI is InChI=1S/C14H18BN3O2S/c1-13(2)14(3,4)20-15(19-13)9-5-6-10(17-7-9)11-8-21-12(16)18-11/h5-8H,1-4H3,(H2,16,18). The second-order valence-electron chi connectivity index (χ2n) is 6.14. The highest BCUT2D eigenvalue weighted by Gasteiger charge is 2.51. The number of hydrogen-bond donors (Lipinski definition) is 1. The highest BCUT2D eigenvalue weighted by atomic mass is 32.1. The van der Waals surface area contributed by atoms with E-state index < -0.39 is 7.12 Å². The molecule has 0 amide bonds. The van der Waals surface area contributed by atoms with Crippen LogP contribution in [0, 0.1) is 0 Å². The summed E-state index contributed by atoms with van der Waals surface area (Å²) < 4.78 is 12.0. The van der Waals surface area contributed by atoms with E-state index in [9.17, 15) is 0 Å². The van der Waals surface area contributed by atoms with Gasteiger partial charge in [-0.2, -0.15) is 0 Å². The van der Waals surface area contributed by atoms with Crippen molar-refractivity contribution >= 4 is 29.0 Å². The number of nitrogens with zero attached hydrogens (tertiary/aromatic N) is 2. The van der Waals surface area contributed by atoms with Crippen LogP contribution < -0.4 is 11.2 Å². The van der Waals surface area contributed by atoms with Crippen molar-refractivity contribution in [3.63, 3.8) is 0 Å². The van der Waals surface area contributed by atoms with Crippen LogP contribution in [0.1, 0.15) is 27.7 Å². The predicted octanol–water partition coefficient (Wildman–Crippen LogP) is 2.09. The van der Waals surface area contributed by atoms with Gasteiger partial charge in [0, 0.05) is 17.0 Å². The van der Waals surface area contributed by atoms with Crippen molar-refractivity contribution in [1.29, 1.82) is 0 Å². The van der Waals surface area contributed by atoms with Gasteiger partial charge in [0.15, 0.2) is 5.13 Å². The quantitative estimate of drug-likeness (QED) is 0.860. The summed E-state index contributed by atoms with van der Waals surface area (Å²) in [6.07, 6.45) is 1.77. The Hall–Kier alpha value is -1.44. The van der Waals surface area contributed by atoms with Crippen molar-refractivity contribution in [3.05, 3.63) is 23.7 Å². The first kappa shape index (κ1) is 14.5. The van der Waals surface area contributed by atoms with Crippen LogP contribution in [0.25, 0.3) is 11.4 Å². The van der Waals surface area contributed by atoms with Crippen LogP contribution in [0.2, 0.25) is 0 Å². The molecule has 1 fully saturated rings. The lowest BCUT2D eigenvalue weighted by Gasteiger charge is -2.32. The molecule has 0 atom stereocenters. The van der Waals surface area contributed by atoms with Crippen LogP contribution in [0.5, 0.6) is 0 Å². The van der Waals surface area contributed by atoms with Gasteiger partial charge < -0.3 is 15.0 Å². The highest BCUT2D eigenvalue weighted by Crippen LogP contribution is 2.36. The Morgan fingerprint density at radius 3 is 2.24 bits per heavy atom. The number of nitrogen functional groups attached to an aromatic ring is 1. The third-order valence-corrected chi connectivity index (χ3v) is 4.77. The van der Waals surface area contributed by atoms with Gasteiger partial charge in [-0.1, -0.05) is 6.07 Å². The van der Waals surface area contributed by atoms with E-state index in [4.69, 9.17) is 15.0 Å². The summed E-state index contributed by atoms with van der Waals surface area (Å²) >= 11 is 1.41. The fourth-order valence-corrected chi connectivity index (χ4v) is 2.64. The summed E-state index contributed by atoms with van der Waals surface area (Å²) in [5.41, 5.74) is 7.44. The van der Waals surface area contributed by atoms with Crippen molar-refractivity contribution in [1.82, 2.24) is 9.97 Å². The first-order valence-corrected chi connectivity index (χ1v) is 7.69. The third kappa shape index (κ3) is 2.56. The van der Waals surface area contributed by atoms with Gasteiger partial charge in [0.25, 0.3) is 0 Å². The topological polar surface area (TPSA) is 70.3 Å². The molecule has 0 unspecified atom stereocenters. The first-order chi connectivity index (χ1) is 9.78. The minimum atomic E-state index is -0.392. The van der Waals surface area contributed by atoms with E-state index in [-0.39, 0.29) is 11.2 Å². The molecule has 2 aromatic heterocycles. The number of rotatable bonds is 2. The monoisotopic (exact) mass is 303 g/mol. The molecular weight excluding hydrogens is 285 g/mol. The van der Waals surface area contributed by atoms with Crippen molar-refractivity contribution < 1.29 is 9.31 Å². The van der Waals surface area contributed by atoms with E-state index in [0.29, 0.717) is 5.13 Å². The summed E-state index contributed by atoms with van der Waals surface area (Å²) in [5.74, 6) is 0. The number of nitrogens with two attached hydrogens (primary N) is 1. The molecule has 5 nitrogen and oxygen atoms in total. The molecule has 0 radical (unpaired) electrons. The van der Waals surface area contributed by atoms with Crippen LogP contribution in [-0.4, -0.2) is 28.3 Å². The molecule has 0 aromatic carbocycles. The van der Waals surface area contributed by atoms with Gasteiger partial charge in [0.1, 0.15) is 5.69 Å². The van der Waals surface area contributed by atoms with Crippen LogP contribution >= 0.6 is 11.3 Å². The van der Waals surface area contributed by atoms with Crippen LogP contribution in [-0.2, 0) is 9.31 Å². The first-order valence-electron chi connectivity index (χ1n) is 6.81. The SMILES string of the molecule is CC1(C)OB(c2ccc(-c3csc(N)n3)nc2)OC1(C)C. The lowest BCUT2D eigenvalue weighted by molar-refractivity contribution is 0.00578. The van der Waals surface area contributed by atoms with Gasteiger partial charge in [0.2, 0.25) is 0 Å². The summed E-state index contributed by atoms with van der Waals surface area (Å²) in [4.78, 5) is 8.66. The van der Waals surface area contributed by atoms with E-state index in [2.05, 4.69) is 9.97 Å². The smallest absolute Gasteiger partial charge is 0.399 e. The minimum Gasteiger partial charge on any atom is -0.399 e. The molecule has 0 bridgehead atoms. The van der Waals surface area contributed by atoms with Gasteiger partial charge in [-0.05, 0) is 33.8 Å². The summed E-state index contributed by atoms with van der Waals surface area (Å²) in [6, 6.07) is 3.87. The molecule has 3 heterocycles. The third-order valence-electron chi connectivity index (χ3n) is 4.10. The molecule has 1 aliphatic heterocycles. The average Bonchev–Trinajstić information content (AvgIpc) is 2.92. The van der Waals surface area contributed by atoms with E-state index in [1.165, 1.54) is 11.3 Å². The Morgan fingerprint density at radius 1 is 1.10 bits per heavy atom. The largest absolute Gasteiger partial charge is 0.496 e. The molecule has 3 rings (SSSR count). The molecule has 0 saturated carbocycles. The Labute approximate surface area is 128 Å². The Bertz CT molecular complexity index is 638. The predicted molar refractivity (Wildman–Crippen MR) is 85.5 cm³/mol. The van der Waals surface area contributed by atoms with Crippen LogP contribution in [0.3, 0.4) is 0 Å². The molecule has 1 aliphatic rings. The number of thiazole rings is 1. The molecule has 1 saturated heterocycles. The van der Waals surface area contributed by atoms with Crippen molar-refractivity contribution in [2.24, 2.45) is 0 Å². The van der Waals surface area contributed by atoms with E-state index in [1.807, 2.05) is 45.2 Å². The molecule has 2 aromatic rings. The van der Waals surface area contributed by atoms with Crippen molar-refractivity contribution in [3.8, 4) is 11.4 Å². The second kappa shape index (κ2) is 4.79. The molecule has 0 aliphatic carbocycles. The van der Waals surface area contributed by atoms with Gasteiger partial charge in [0.05, 0.1) is 16.9 Å². The van der Waals surface area contributed by atoms with E-state index in [0.717, 1.165) is 16.9 Å². The maximum absolute atomic E-state index is 6.00. The molecule has 0 spiro atoms. The van der Waals surface area contributed by atoms with Crippen LogP contribution in [0.15, 0.2) is 23.7 Å².